The first-order valence-corrected chi connectivity index (χ1v) is 7.78. The van der Waals surface area contributed by atoms with Gasteiger partial charge in [0, 0.05) is 24.7 Å². The Labute approximate surface area is 142 Å². The largest absolute Gasteiger partial charge is 0.515 e. The van der Waals surface area contributed by atoms with Gasteiger partial charge >= 0.3 is 12.2 Å². The van der Waals surface area contributed by atoms with Crippen LogP contribution in [-0.4, -0.2) is 35.0 Å². The van der Waals surface area contributed by atoms with E-state index in [2.05, 4.69) is 10.3 Å². The molecule has 0 aliphatic heterocycles. The predicted octanol–water partition coefficient (Wildman–Crippen LogP) is 3.46. The summed E-state index contributed by atoms with van der Waals surface area (Å²) >= 11 is 0. The minimum atomic E-state index is -0.806. The molecule has 0 aliphatic rings. The molecule has 1 aromatic heterocycles. The number of aromatic nitrogens is 1. The van der Waals surface area contributed by atoms with Gasteiger partial charge in [0.1, 0.15) is 11.2 Å². The number of nitrogens with one attached hydrogen (secondary N) is 1. The first-order chi connectivity index (χ1) is 10.9. The molecule has 0 radical (unpaired) electrons. The zero-order chi connectivity index (χ0) is 18.4. The number of amides is 1. The van der Waals surface area contributed by atoms with Crippen molar-refractivity contribution in [1.82, 2.24) is 10.3 Å². The molecule has 0 fully saturated rings. The fourth-order valence-corrected chi connectivity index (χ4v) is 1.62. The summed E-state index contributed by atoms with van der Waals surface area (Å²) in [6.07, 6.45) is -0.812. The van der Waals surface area contributed by atoms with Crippen molar-refractivity contribution in [3.8, 4) is 5.88 Å². The van der Waals surface area contributed by atoms with Gasteiger partial charge in [-0.1, -0.05) is 6.07 Å². The normalized spacial score (nSPS) is 11.6. The van der Waals surface area contributed by atoms with Gasteiger partial charge < -0.3 is 19.5 Å². The molecule has 1 heterocycles. The van der Waals surface area contributed by atoms with Crippen LogP contribution in [0.25, 0.3) is 0 Å². The van der Waals surface area contributed by atoms with Crippen molar-refractivity contribution in [3.05, 3.63) is 23.9 Å². The molecule has 0 unspecified atom stereocenters. The van der Waals surface area contributed by atoms with Crippen LogP contribution in [0.15, 0.2) is 18.2 Å². The lowest BCUT2D eigenvalue weighted by Gasteiger charge is -2.19. The number of ether oxygens (including phenoxy) is 3. The quantitative estimate of drug-likeness (QED) is 0.846. The highest BCUT2D eigenvalue weighted by Crippen LogP contribution is 2.13. The molecular formula is C17H26N2O5. The molecule has 1 aromatic rings. The molecular weight excluding hydrogens is 312 g/mol. The molecule has 1 rings (SSSR count). The minimum Gasteiger partial charge on any atom is -0.444 e. The molecule has 0 atom stereocenters. The second-order valence-corrected chi connectivity index (χ2v) is 7.21. The zero-order valence-electron chi connectivity index (χ0n) is 15.1. The number of carbonyl (C=O) groups excluding carboxylic acids is 2. The second-order valence-electron chi connectivity index (χ2n) is 7.21. The molecule has 0 bridgehead atoms. The Morgan fingerprint density at radius 3 is 2.25 bits per heavy atom. The summed E-state index contributed by atoms with van der Waals surface area (Å²) in [5.74, 6) is 0.152. The first-order valence-electron chi connectivity index (χ1n) is 7.78. The Kier molecular flexibility index (Phi) is 6.57. The van der Waals surface area contributed by atoms with Crippen LogP contribution in [0.2, 0.25) is 0 Å². The van der Waals surface area contributed by atoms with Crippen LogP contribution >= 0.6 is 0 Å². The van der Waals surface area contributed by atoms with Crippen molar-refractivity contribution in [1.29, 1.82) is 0 Å². The summed E-state index contributed by atoms with van der Waals surface area (Å²) in [6.45, 7) is 11.0. The van der Waals surface area contributed by atoms with Gasteiger partial charge in [0.25, 0.3) is 0 Å². The summed E-state index contributed by atoms with van der Waals surface area (Å²) in [7, 11) is 0. The van der Waals surface area contributed by atoms with Crippen molar-refractivity contribution in [2.75, 3.05) is 6.54 Å². The van der Waals surface area contributed by atoms with Crippen molar-refractivity contribution in [2.45, 2.75) is 59.2 Å². The number of carbonyl (C=O) groups is 2. The SMILES string of the molecule is CC(C)(C)OC(=O)NCCc1cccc(OC(=O)OC(C)(C)C)n1. The van der Waals surface area contributed by atoms with Gasteiger partial charge in [-0.2, -0.15) is 0 Å². The lowest BCUT2D eigenvalue weighted by Crippen LogP contribution is -2.33. The molecule has 0 saturated carbocycles. The van der Waals surface area contributed by atoms with E-state index in [0.29, 0.717) is 18.7 Å². The third-order valence-electron chi connectivity index (χ3n) is 2.41. The van der Waals surface area contributed by atoms with Gasteiger partial charge in [-0.25, -0.2) is 14.6 Å². The fourth-order valence-electron chi connectivity index (χ4n) is 1.62. The number of rotatable bonds is 4. The summed E-state index contributed by atoms with van der Waals surface area (Å²) in [6, 6.07) is 5.06. The zero-order valence-corrected chi connectivity index (χ0v) is 15.1. The highest BCUT2D eigenvalue weighted by atomic mass is 16.7. The van der Waals surface area contributed by atoms with E-state index >= 15 is 0 Å². The molecule has 0 aliphatic carbocycles. The summed E-state index contributed by atoms with van der Waals surface area (Å²) in [5.41, 5.74) is -0.498. The van der Waals surface area contributed by atoms with E-state index in [-0.39, 0.29) is 5.88 Å². The van der Waals surface area contributed by atoms with Crippen LogP contribution in [-0.2, 0) is 15.9 Å². The molecule has 1 N–H and O–H groups in total. The van der Waals surface area contributed by atoms with E-state index in [1.165, 1.54) is 0 Å². The molecule has 7 nitrogen and oxygen atoms in total. The smallest absolute Gasteiger partial charge is 0.444 e. The Balaban J connectivity index is 2.48. The molecule has 0 aromatic carbocycles. The van der Waals surface area contributed by atoms with E-state index in [9.17, 15) is 9.59 Å². The lowest BCUT2D eigenvalue weighted by molar-refractivity contribution is 0.0196. The average molecular weight is 338 g/mol. The number of hydrogen-bond acceptors (Lipinski definition) is 6. The number of hydrogen-bond donors (Lipinski definition) is 1. The van der Waals surface area contributed by atoms with Gasteiger partial charge in [0.15, 0.2) is 0 Å². The van der Waals surface area contributed by atoms with Gasteiger partial charge in [0.2, 0.25) is 5.88 Å². The molecule has 0 spiro atoms. The first kappa shape index (κ1) is 19.7. The van der Waals surface area contributed by atoms with E-state index in [4.69, 9.17) is 14.2 Å². The van der Waals surface area contributed by atoms with Crippen molar-refractivity contribution >= 4 is 12.2 Å². The van der Waals surface area contributed by atoms with Gasteiger partial charge in [-0.3, -0.25) is 0 Å². The Morgan fingerprint density at radius 2 is 1.67 bits per heavy atom. The molecule has 24 heavy (non-hydrogen) atoms. The van der Waals surface area contributed by atoms with Crippen molar-refractivity contribution < 1.29 is 23.8 Å². The predicted molar refractivity (Wildman–Crippen MR) is 89.0 cm³/mol. The number of alkyl carbamates (subject to hydrolysis) is 1. The maximum absolute atomic E-state index is 11.6. The molecule has 1 amide bonds. The van der Waals surface area contributed by atoms with Crippen molar-refractivity contribution in [3.63, 3.8) is 0 Å². The Morgan fingerprint density at radius 1 is 1.04 bits per heavy atom. The number of pyridine rings is 1. The maximum atomic E-state index is 11.6. The summed E-state index contributed by atoms with van der Waals surface area (Å²) < 4.78 is 15.2. The Bertz CT molecular complexity index is 573. The van der Waals surface area contributed by atoms with Crippen LogP contribution in [0.1, 0.15) is 47.2 Å². The lowest BCUT2D eigenvalue weighted by atomic mass is 10.2. The highest BCUT2D eigenvalue weighted by Gasteiger charge is 2.19. The van der Waals surface area contributed by atoms with E-state index in [1.807, 2.05) is 0 Å². The Hall–Kier alpha value is -2.31. The third-order valence-corrected chi connectivity index (χ3v) is 2.41. The molecule has 0 saturated heterocycles. The topological polar surface area (TPSA) is 86.8 Å². The van der Waals surface area contributed by atoms with Crippen LogP contribution < -0.4 is 10.1 Å². The van der Waals surface area contributed by atoms with E-state index in [0.717, 1.165) is 0 Å². The fraction of sp³-hybridized carbons (Fsp3) is 0.588. The second kappa shape index (κ2) is 7.99. The maximum Gasteiger partial charge on any atom is 0.515 e. The molecule has 7 heteroatoms. The van der Waals surface area contributed by atoms with E-state index in [1.54, 1.807) is 59.7 Å². The van der Waals surface area contributed by atoms with Crippen LogP contribution in [0, 0.1) is 0 Å². The van der Waals surface area contributed by atoms with Crippen LogP contribution in [0.5, 0.6) is 5.88 Å². The standard InChI is InChI=1S/C17H26N2O5/c1-16(2,3)23-14(20)18-11-10-12-8-7-9-13(19-12)22-15(21)24-17(4,5)6/h7-9H,10-11H2,1-6H3,(H,18,20). The van der Waals surface area contributed by atoms with E-state index < -0.39 is 23.5 Å². The monoisotopic (exact) mass is 338 g/mol. The van der Waals surface area contributed by atoms with Gasteiger partial charge in [-0.05, 0) is 47.6 Å². The van der Waals surface area contributed by atoms with Crippen LogP contribution in [0.3, 0.4) is 0 Å². The van der Waals surface area contributed by atoms with Crippen LogP contribution in [0.4, 0.5) is 9.59 Å². The summed E-state index contributed by atoms with van der Waals surface area (Å²) in [4.78, 5) is 27.4. The van der Waals surface area contributed by atoms with Crippen molar-refractivity contribution in [2.24, 2.45) is 0 Å². The van der Waals surface area contributed by atoms with Gasteiger partial charge in [0.05, 0.1) is 0 Å². The minimum absolute atomic E-state index is 0.152. The average Bonchev–Trinajstić information content (AvgIpc) is 2.34. The highest BCUT2D eigenvalue weighted by molar-refractivity contribution is 5.67. The van der Waals surface area contributed by atoms with Gasteiger partial charge in [-0.15, -0.1) is 0 Å². The summed E-state index contributed by atoms with van der Waals surface area (Å²) in [5, 5.41) is 2.65. The third kappa shape index (κ3) is 8.97. The molecule has 134 valence electrons. The number of nitrogens with zero attached hydrogens (tertiary/aromatic N) is 1.